The van der Waals surface area contributed by atoms with E-state index in [1.54, 1.807) is 12.3 Å². The largest absolute Gasteiger partial charge is 0.478 e. The lowest BCUT2D eigenvalue weighted by atomic mass is 10.0. The van der Waals surface area contributed by atoms with Gasteiger partial charge >= 0.3 is 5.97 Å². The Morgan fingerprint density at radius 1 is 1.64 bits per heavy atom. The Hall–Kier alpha value is -1.42. The minimum Gasteiger partial charge on any atom is -0.478 e. The molecule has 1 fully saturated rings. The SMILES string of the molecule is O=C(O)c1cnccc1C1CCCN1. The molecule has 1 aromatic rings. The summed E-state index contributed by atoms with van der Waals surface area (Å²) in [6, 6.07) is 1.97. The van der Waals surface area contributed by atoms with Crippen molar-refractivity contribution in [2.24, 2.45) is 0 Å². The van der Waals surface area contributed by atoms with E-state index in [-0.39, 0.29) is 6.04 Å². The zero-order chi connectivity index (χ0) is 9.97. The van der Waals surface area contributed by atoms with Crippen LogP contribution in [0.4, 0.5) is 0 Å². The van der Waals surface area contributed by atoms with Crippen LogP contribution in [-0.2, 0) is 0 Å². The molecule has 74 valence electrons. The van der Waals surface area contributed by atoms with E-state index in [4.69, 9.17) is 5.11 Å². The average molecular weight is 192 g/mol. The van der Waals surface area contributed by atoms with Crippen molar-refractivity contribution in [1.29, 1.82) is 0 Å². The molecule has 1 aliphatic heterocycles. The van der Waals surface area contributed by atoms with Gasteiger partial charge in [0.15, 0.2) is 0 Å². The summed E-state index contributed by atoms with van der Waals surface area (Å²) in [5.41, 5.74) is 1.16. The second-order valence-electron chi connectivity index (χ2n) is 3.42. The zero-order valence-corrected chi connectivity index (χ0v) is 7.73. The molecule has 1 atom stereocenters. The van der Waals surface area contributed by atoms with E-state index in [1.807, 2.05) is 0 Å². The van der Waals surface area contributed by atoms with E-state index in [2.05, 4.69) is 10.3 Å². The van der Waals surface area contributed by atoms with Gasteiger partial charge in [-0.2, -0.15) is 0 Å². The summed E-state index contributed by atoms with van der Waals surface area (Å²) in [6.07, 6.45) is 5.16. The van der Waals surface area contributed by atoms with E-state index in [9.17, 15) is 4.79 Å². The first-order valence-corrected chi connectivity index (χ1v) is 4.69. The van der Waals surface area contributed by atoms with Gasteiger partial charge in [-0.25, -0.2) is 4.79 Å². The van der Waals surface area contributed by atoms with Crippen LogP contribution in [0.15, 0.2) is 18.5 Å². The lowest BCUT2D eigenvalue weighted by molar-refractivity contribution is 0.0694. The first-order valence-electron chi connectivity index (χ1n) is 4.69. The lowest BCUT2D eigenvalue weighted by Crippen LogP contribution is -2.16. The van der Waals surface area contributed by atoms with Crippen molar-refractivity contribution >= 4 is 5.97 Å². The lowest BCUT2D eigenvalue weighted by Gasteiger charge is -2.12. The molecule has 0 radical (unpaired) electrons. The highest BCUT2D eigenvalue weighted by Crippen LogP contribution is 2.25. The van der Waals surface area contributed by atoms with Gasteiger partial charge in [0, 0.05) is 18.4 Å². The van der Waals surface area contributed by atoms with Crippen LogP contribution in [0.25, 0.3) is 0 Å². The fraction of sp³-hybridized carbons (Fsp3) is 0.400. The normalized spacial score (nSPS) is 21.0. The number of carboxylic acid groups (broad SMARTS) is 1. The van der Waals surface area contributed by atoms with Gasteiger partial charge < -0.3 is 10.4 Å². The number of rotatable bonds is 2. The topological polar surface area (TPSA) is 62.2 Å². The van der Waals surface area contributed by atoms with Crippen molar-refractivity contribution < 1.29 is 9.90 Å². The maximum atomic E-state index is 10.9. The molecule has 0 spiro atoms. The van der Waals surface area contributed by atoms with Gasteiger partial charge in [0.2, 0.25) is 0 Å². The average Bonchev–Trinajstić information content (AvgIpc) is 2.70. The Kier molecular flexibility index (Phi) is 2.45. The summed E-state index contributed by atoms with van der Waals surface area (Å²) >= 11 is 0. The van der Waals surface area contributed by atoms with Crippen molar-refractivity contribution in [3.05, 3.63) is 29.6 Å². The van der Waals surface area contributed by atoms with Crippen molar-refractivity contribution in [2.75, 3.05) is 6.54 Å². The molecule has 1 saturated heterocycles. The molecule has 0 saturated carbocycles. The summed E-state index contributed by atoms with van der Waals surface area (Å²) in [5.74, 6) is -0.901. The van der Waals surface area contributed by atoms with Gasteiger partial charge in [-0.3, -0.25) is 4.98 Å². The van der Waals surface area contributed by atoms with Crippen LogP contribution in [0.1, 0.15) is 34.8 Å². The Morgan fingerprint density at radius 2 is 2.50 bits per heavy atom. The molecule has 2 heterocycles. The number of nitrogens with one attached hydrogen (secondary N) is 1. The highest BCUT2D eigenvalue weighted by molar-refractivity contribution is 5.89. The van der Waals surface area contributed by atoms with Gasteiger partial charge in [-0.1, -0.05) is 0 Å². The minimum absolute atomic E-state index is 0.184. The number of carbonyl (C=O) groups is 1. The molecule has 1 aliphatic rings. The molecule has 1 aromatic heterocycles. The van der Waals surface area contributed by atoms with Crippen LogP contribution in [0.3, 0.4) is 0 Å². The molecule has 1 unspecified atom stereocenters. The molecule has 2 N–H and O–H groups in total. The van der Waals surface area contributed by atoms with E-state index >= 15 is 0 Å². The molecule has 4 heteroatoms. The van der Waals surface area contributed by atoms with Gasteiger partial charge in [-0.15, -0.1) is 0 Å². The van der Waals surface area contributed by atoms with Gasteiger partial charge in [0.25, 0.3) is 0 Å². The van der Waals surface area contributed by atoms with Crippen LogP contribution >= 0.6 is 0 Å². The fourth-order valence-electron chi connectivity index (χ4n) is 1.84. The summed E-state index contributed by atoms with van der Waals surface area (Å²) < 4.78 is 0. The maximum Gasteiger partial charge on any atom is 0.337 e. The number of hydrogen-bond acceptors (Lipinski definition) is 3. The number of carboxylic acids is 1. The molecule has 0 aromatic carbocycles. The van der Waals surface area contributed by atoms with Crippen molar-refractivity contribution in [1.82, 2.24) is 10.3 Å². The quantitative estimate of drug-likeness (QED) is 0.739. The highest BCUT2D eigenvalue weighted by Gasteiger charge is 2.21. The fourth-order valence-corrected chi connectivity index (χ4v) is 1.84. The molecule has 0 bridgehead atoms. The Morgan fingerprint density at radius 3 is 3.14 bits per heavy atom. The van der Waals surface area contributed by atoms with Crippen molar-refractivity contribution in [2.45, 2.75) is 18.9 Å². The number of hydrogen-bond donors (Lipinski definition) is 2. The second kappa shape index (κ2) is 3.75. The maximum absolute atomic E-state index is 10.9. The molecule has 0 amide bonds. The van der Waals surface area contributed by atoms with Crippen molar-refractivity contribution in [3.8, 4) is 0 Å². The first-order chi connectivity index (χ1) is 6.79. The third-order valence-corrected chi connectivity index (χ3v) is 2.52. The summed E-state index contributed by atoms with van der Waals surface area (Å²) in [7, 11) is 0. The number of pyridine rings is 1. The van der Waals surface area contributed by atoms with Crippen LogP contribution in [0, 0.1) is 0 Å². The molecular formula is C10H12N2O2. The minimum atomic E-state index is -0.901. The highest BCUT2D eigenvalue weighted by atomic mass is 16.4. The van der Waals surface area contributed by atoms with E-state index in [0.717, 1.165) is 24.9 Å². The second-order valence-corrected chi connectivity index (χ2v) is 3.42. The van der Waals surface area contributed by atoms with Crippen LogP contribution in [-0.4, -0.2) is 22.6 Å². The van der Waals surface area contributed by atoms with E-state index < -0.39 is 5.97 Å². The summed E-state index contributed by atoms with van der Waals surface area (Å²) in [6.45, 7) is 0.964. The zero-order valence-electron chi connectivity index (χ0n) is 7.73. The van der Waals surface area contributed by atoms with Gasteiger partial charge in [-0.05, 0) is 31.0 Å². The first kappa shape index (κ1) is 9.15. The third kappa shape index (κ3) is 1.61. The van der Waals surface area contributed by atoms with Crippen LogP contribution < -0.4 is 5.32 Å². The smallest absolute Gasteiger partial charge is 0.337 e. The number of aromatic nitrogens is 1. The summed E-state index contributed by atoms with van der Waals surface area (Å²) in [5, 5.41) is 12.2. The van der Waals surface area contributed by atoms with Gasteiger partial charge in [0.05, 0.1) is 5.56 Å². The predicted molar refractivity (Wildman–Crippen MR) is 51.2 cm³/mol. The summed E-state index contributed by atoms with van der Waals surface area (Å²) in [4.78, 5) is 14.7. The Balaban J connectivity index is 2.35. The molecule has 14 heavy (non-hydrogen) atoms. The third-order valence-electron chi connectivity index (χ3n) is 2.52. The Bertz CT molecular complexity index is 346. The monoisotopic (exact) mass is 192 g/mol. The molecular weight excluding hydrogens is 180 g/mol. The van der Waals surface area contributed by atoms with Crippen LogP contribution in [0.5, 0.6) is 0 Å². The Labute approximate surface area is 82.0 Å². The number of aromatic carboxylic acids is 1. The van der Waals surface area contributed by atoms with Gasteiger partial charge in [0.1, 0.15) is 0 Å². The van der Waals surface area contributed by atoms with Crippen LogP contribution in [0.2, 0.25) is 0 Å². The van der Waals surface area contributed by atoms with Crippen molar-refractivity contribution in [3.63, 3.8) is 0 Å². The number of nitrogens with zero attached hydrogens (tertiary/aromatic N) is 1. The standard InChI is InChI=1S/C10H12N2O2/c13-10(14)8-6-11-5-3-7(8)9-2-1-4-12-9/h3,5-6,9,12H,1-2,4H2,(H,13,14). The molecule has 4 nitrogen and oxygen atoms in total. The molecule has 0 aliphatic carbocycles. The predicted octanol–water partition coefficient (Wildman–Crippen LogP) is 1.20. The molecule has 2 rings (SSSR count). The van der Waals surface area contributed by atoms with E-state index in [0.29, 0.717) is 5.56 Å². The van der Waals surface area contributed by atoms with E-state index in [1.165, 1.54) is 6.20 Å².